The second-order valence-electron chi connectivity index (χ2n) is 2.75. The lowest BCUT2D eigenvalue weighted by Gasteiger charge is -2.12. The lowest BCUT2D eigenvalue weighted by molar-refractivity contribution is -0.715. The third kappa shape index (κ3) is 0.827. The van der Waals surface area contributed by atoms with Crippen molar-refractivity contribution in [3.05, 3.63) is 18.2 Å². The Morgan fingerprint density at radius 2 is 2.60 bits per heavy atom. The topological polar surface area (TPSA) is 39.9 Å². The summed E-state index contributed by atoms with van der Waals surface area (Å²) in [5, 5.41) is 9.24. The highest BCUT2D eigenvalue weighted by Crippen LogP contribution is 2.04. The van der Waals surface area contributed by atoms with Gasteiger partial charge in [0, 0.05) is 0 Å². The summed E-state index contributed by atoms with van der Waals surface area (Å²) in [4.78, 5) is 3.13. The molecule has 0 fully saturated rings. The van der Waals surface area contributed by atoms with Crippen LogP contribution in [-0.4, -0.2) is 16.2 Å². The number of H-pyrrole nitrogens is 1. The first-order chi connectivity index (χ1) is 4.86. The van der Waals surface area contributed by atoms with Crippen molar-refractivity contribution in [1.29, 1.82) is 0 Å². The molecule has 1 aliphatic rings. The fourth-order valence-electron chi connectivity index (χ4n) is 1.40. The van der Waals surface area contributed by atoms with Crippen molar-refractivity contribution in [1.82, 2.24) is 4.98 Å². The number of aromatic nitrogens is 2. The average Bonchev–Trinajstić information content (AvgIpc) is 2.33. The minimum absolute atomic E-state index is 0.145. The van der Waals surface area contributed by atoms with Gasteiger partial charge in [-0.25, -0.2) is 9.55 Å². The molecule has 2 rings (SSSR count). The van der Waals surface area contributed by atoms with E-state index in [2.05, 4.69) is 9.55 Å². The van der Waals surface area contributed by atoms with Crippen LogP contribution in [0.4, 0.5) is 0 Å². The van der Waals surface area contributed by atoms with E-state index in [-0.39, 0.29) is 6.10 Å². The Hall–Kier alpha value is -0.830. The summed E-state index contributed by atoms with van der Waals surface area (Å²) < 4.78 is 2.06. The highest BCUT2D eigenvalue weighted by atomic mass is 16.3. The predicted molar refractivity (Wildman–Crippen MR) is 35.3 cm³/mol. The van der Waals surface area contributed by atoms with Crippen molar-refractivity contribution in [3.63, 3.8) is 0 Å². The maximum Gasteiger partial charge on any atom is 0.254 e. The zero-order valence-electron chi connectivity index (χ0n) is 5.75. The van der Waals surface area contributed by atoms with Crippen LogP contribution in [0.25, 0.3) is 0 Å². The first-order valence-electron chi connectivity index (χ1n) is 3.60. The van der Waals surface area contributed by atoms with Gasteiger partial charge in [-0.15, -0.1) is 0 Å². The van der Waals surface area contributed by atoms with Gasteiger partial charge in [0.2, 0.25) is 0 Å². The van der Waals surface area contributed by atoms with Gasteiger partial charge in [0.1, 0.15) is 18.9 Å². The Morgan fingerprint density at radius 1 is 1.70 bits per heavy atom. The molecule has 0 aliphatic carbocycles. The average molecular weight is 139 g/mol. The summed E-state index contributed by atoms with van der Waals surface area (Å²) in [6, 6.07) is 0. The number of nitrogens with one attached hydrogen (secondary N) is 1. The van der Waals surface area contributed by atoms with Crippen molar-refractivity contribution >= 4 is 0 Å². The van der Waals surface area contributed by atoms with Crippen LogP contribution in [0.15, 0.2) is 12.4 Å². The number of rotatable bonds is 0. The van der Waals surface area contributed by atoms with E-state index in [0.29, 0.717) is 0 Å². The number of aromatic amines is 1. The summed E-state index contributed by atoms with van der Waals surface area (Å²) in [7, 11) is 0. The zero-order valence-corrected chi connectivity index (χ0v) is 5.75. The maximum absolute atomic E-state index is 9.24. The van der Waals surface area contributed by atoms with Gasteiger partial charge >= 0.3 is 0 Å². The van der Waals surface area contributed by atoms with Gasteiger partial charge in [0.05, 0.1) is 12.5 Å². The molecule has 0 amide bonds. The van der Waals surface area contributed by atoms with E-state index in [1.807, 2.05) is 12.4 Å². The van der Waals surface area contributed by atoms with Crippen molar-refractivity contribution in [2.75, 3.05) is 0 Å². The lowest BCUT2D eigenvalue weighted by atomic mass is 10.1. The van der Waals surface area contributed by atoms with E-state index < -0.39 is 0 Å². The van der Waals surface area contributed by atoms with Crippen LogP contribution in [-0.2, 0) is 13.0 Å². The Labute approximate surface area is 59.3 Å². The van der Waals surface area contributed by atoms with Crippen LogP contribution in [0.5, 0.6) is 0 Å². The normalized spacial score (nSPS) is 24.3. The van der Waals surface area contributed by atoms with Crippen LogP contribution in [0.2, 0.25) is 0 Å². The molecular weight excluding hydrogens is 128 g/mol. The summed E-state index contributed by atoms with van der Waals surface area (Å²) in [5.41, 5.74) is 0. The van der Waals surface area contributed by atoms with E-state index in [4.69, 9.17) is 0 Å². The van der Waals surface area contributed by atoms with Gasteiger partial charge in [-0.3, -0.25) is 0 Å². The number of aryl methyl sites for hydroxylation is 1. The van der Waals surface area contributed by atoms with Crippen molar-refractivity contribution in [3.8, 4) is 0 Å². The molecule has 1 aromatic heterocycles. The van der Waals surface area contributed by atoms with Gasteiger partial charge in [0.25, 0.3) is 5.82 Å². The Morgan fingerprint density at radius 3 is 3.50 bits per heavy atom. The summed E-state index contributed by atoms with van der Waals surface area (Å²) >= 11 is 0. The van der Waals surface area contributed by atoms with Crippen LogP contribution in [0.3, 0.4) is 0 Å². The van der Waals surface area contributed by atoms with E-state index in [9.17, 15) is 5.11 Å². The SMILES string of the molecule is O[C@H]1CCc2[nH]cc[n+]2C1. The zero-order chi connectivity index (χ0) is 6.97. The molecule has 0 radical (unpaired) electrons. The highest BCUT2D eigenvalue weighted by molar-refractivity contribution is 4.81. The van der Waals surface area contributed by atoms with E-state index in [1.165, 1.54) is 5.82 Å². The molecular formula is C7H11N2O+. The predicted octanol–water partition coefficient (Wildman–Crippen LogP) is -0.391. The number of hydrogen-bond donors (Lipinski definition) is 2. The molecule has 0 saturated heterocycles. The maximum atomic E-state index is 9.24. The van der Waals surface area contributed by atoms with Gasteiger partial charge in [0.15, 0.2) is 0 Å². The van der Waals surface area contributed by atoms with Crippen molar-refractivity contribution in [2.24, 2.45) is 0 Å². The molecule has 0 bridgehead atoms. The molecule has 2 heterocycles. The molecule has 0 aromatic carbocycles. The van der Waals surface area contributed by atoms with E-state index in [0.717, 1.165) is 19.4 Å². The van der Waals surface area contributed by atoms with Crippen molar-refractivity contribution < 1.29 is 9.67 Å². The molecule has 2 N–H and O–H groups in total. The number of aliphatic hydroxyl groups is 1. The molecule has 1 aromatic rings. The third-order valence-electron chi connectivity index (χ3n) is 1.97. The summed E-state index contributed by atoms with van der Waals surface area (Å²) in [6.45, 7) is 0.749. The number of nitrogens with zero attached hydrogens (tertiary/aromatic N) is 1. The van der Waals surface area contributed by atoms with Crippen LogP contribution in [0.1, 0.15) is 12.2 Å². The smallest absolute Gasteiger partial charge is 0.254 e. The minimum Gasteiger partial charge on any atom is -0.389 e. The van der Waals surface area contributed by atoms with Crippen LogP contribution in [0, 0.1) is 0 Å². The molecule has 3 nitrogen and oxygen atoms in total. The molecule has 0 saturated carbocycles. The summed E-state index contributed by atoms with van der Waals surface area (Å²) in [6.07, 6.45) is 5.59. The molecule has 1 aliphatic heterocycles. The number of fused-ring (bicyclic) bond motifs is 1. The van der Waals surface area contributed by atoms with Crippen LogP contribution >= 0.6 is 0 Å². The highest BCUT2D eigenvalue weighted by Gasteiger charge is 2.21. The number of hydrogen-bond acceptors (Lipinski definition) is 1. The Kier molecular flexibility index (Phi) is 1.24. The molecule has 10 heavy (non-hydrogen) atoms. The largest absolute Gasteiger partial charge is 0.389 e. The fourth-order valence-corrected chi connectivity index (χ4v) is 1.40. The first-order valence-corrected chi connectivity index (χ1v) is 3.60. The summed E-state index contributed by atoms with van der Waals surface area (Å²) in [5.74, 6) is 1.23. The number of imidazole rings is 1. The quantitative estimate of drug-likeness (QED) is 0.472. The van der Waals surface area contributed by atoms with E-state index in [1.54, 1.807) is 0 Å². The lowest BCUT2D eigenvalue weighted by Crippen LogP contribution is -2.45. The van der Waals surface area contributed by atoms with Crippen LogP contribution < -0.4 is 4.57 Å². The Balaban J connectivity index is 2.30. The fraction of sp³-hybridized carbons (Fsp3) is 0.571. The van der Waals surface area contributed by atoms with Gasteiger partial charge in [-0.2, -0.15) is 0 Å². The standard InChI is InChI=1S/C7H10N2O/c10-6-1-2-7-8-3-4-9(7)5-6/h3-4,6,10H,1-2,5H2/p+1/t6-/m0/s1. The molecule has 54 valence electrons. The Bertz CT molecular complexity index is 231. The van der Waals surface area contributed by atoms with E-state index >= 15 is 0 Å². The van der Waals surface area contributed by atoms with Gasteiger partial charge < -0.3 is 5.11 Å². The monoisotopic (exact) mass is 139 g/mol. The van der Waals surface area contributed by atoms with Gasteiger partial charge in [-0.1, -0.05) is 0 Å². The second kappa shape index (κ2) is 2.09. The van der Waals surface area contributed by atoms with Crippen molar-refractivity contribution in [2.45, 2.75) is 25.5 Å². The first kappa shape index (κ1) is 5.92. The van der Waals surface area contributed by atoms with Gasteiger partial charge in [-0.05, 0) is 6.42 Å². The minimum atomic E-state index is -0.145. The molecule has 1 atom stereocenters. The molecule has 0 unspecified atom stereocenters. The second-order valence-corrected chi connectivity index (χ2v) is 2.75. The third-order valence-corrected chi connectivity index (χ3v) is 1.97. The number of aliphatic hydroxyl groups excluding tert-OH is 1. The molecule has 3 heteroatoms. The molecule has 0 spiro atoms.